The number of carboxylic acids is 1. The van der Waals surface area contributed by atoms with E-state index in [1.54, 1.807) is 7.11 Å². The number of methoxy groups -OCH3 is 1. The molecule has 0 radical (unpaired) electrons. The van der Waals surface area contributed by atoms with E-state index >= 15 is 0 Å². The summed E-state index contributed by atoms with van der Waals surface area (Å²) >= 11 is 0. The van der Waals surface area contributed by atoms with Crippen molar-refractivity contribution in [3.05, 3.63) is 65.2 Å². The Morgan fingerprint density at radius 3 is 2.14 bits per heavy atom. The van der Waals surface area contributed by atoms with Crippen LogP contribution in [-0.4, -0.2) is 18.2 Å². The molecular weight excluding hydrogens is 264 g/mol. The first-order chi connectivity index (χ1) is 10.1. The van der Waals surface area contributed by atoms with Crippen LogP contribution in [0.1, 0.15) is 16.7 Å². The minimum absolute atomic E-state index is 0.543. The molecule has 0 heterocycles. The molecule has 21 heavy (non-hydrogen) atoms. The van der Waals surface area contributed by atoms with Crippen molar-refractivity contribution >= 4 is 5.97 Å². The first-order valence-corrected chi connectivity index (χ1v) is 7.06. The van der Waals surface area contributed by atoms with Crippen LogP contribution in [0.25, 0.3) is 0 Å². The first kappa shape index (κ1) is 13.7. The number of benzene rings is 2. The zero-order valence-electron chi connectivity index (χ0n) is 12.0. The number of hydrogen-bond donors (Lipinski definition) is 1. The van der Waals surface area contributed by atoms with Gasteiger partial charge in [-0.15, -0.1) is 0 Å². The Balaban J connectivity index is 1.88. The Morgan fingerprint density at radius 2 is 1.67 bits per heavy atom. The van der Waals surface area contributed by atoms with Gasteiger partial charge in [-0.1, -0.05) is 36.4 Å². The van der Waals surface area contributed by atoms with E-state index < -0.39 is 11.4 Å². The predicted molar refractivity (Wildman–Crippen MR) is 80.6 cm³/mol. The highest BCUT2D eigenvalue weighted by Crippen LogP contribution is 2.40. The molecule has 1 N–H and O–H groups in total. The molecule has 3 heteroatoms. The normalized spacial score (nSPS) is 15.5. The van der Waals surface area contributed by atoms with Crippen molar-refractivity contribution in [2.24, 2.45) is 5.41 Å². The fourth-order valence-electron chi connectivity index (χ4n) is 3.18. The lowest BCUT2D eigenvalue weighted by atomic mass is 9.79. The van der Waals surface area contributed by atoms with Crippen LogP contribution < -0.4 is 4.74 Å². The Labute approximate surface area is 124 Å². The molecular formula is C18H18O3. The fourth-order valence-corrected chi connectivity index (χ4v) is 3.18. The van der Waals surface area contributed by atoms with Gasteiger partial charge in [0.15, 0.2) is 0 Å². The maximum absolute atomic E-state index is 11.9. The van der Waals surface area contributed by atoms with Gasteiger partial charge in [-0.05, 0) is 48.1 Å². The van der Waals surface area contributed by atoms with Crippen LogP contribution in [0.15, 0.2) is 48.5 Å². The van der Waals surface area contributed by atoms with E-state index in [2.05, 4.69) is 0 Å². The average Bonchev–Trinajstić information content (AvgIpc) is 2.87. The molecule has 0 spiro atoms. The summed E-state index contributed by atoms with van der Waals surface area (Å²) in [6, 6.07) is 15.7. The van der Waals surface area contributed by atoms with Gasteiger partial charge in [0.2, 0.25) is 0 Å². The fraction of sp³-hybridized carbons (Fsp3) is 0.278. The molecule has 0 aromatic heterocycles. The van der Waals surface area contributed by atoms with Gasteiger partial charge in [-0.2, -0.15) is 0 Å². The molecule has 0 fully saturated rings. The number of fused-ring (bicyclic) bond motifs is 1. The van der Waals surface area contributed by atoms with Crippen molar-refractivity contribution in [1.29, 1.82) is 0 Å². The second kappa shape index (κ2) is 5.24. The van der Waals surface area contributed by atoms with E-state index in [-0.39, 0.29) is 0 Å². The van der Waals surface area contributed by atoms with Crippen molar-refractivity contribution < 1.29 is 14.6 Å². The van der Waals surface area contributed by atoms with Crippen molar-refractivity contribution in [3.63, 3.8) is 0 Å². The van der Waals surface area contributed by atoms with E-state index in [4.69, 9.17) is 4.74 Å². The van der Waals surface area contributed by atoms with Gasteiger partial charge in [0.25, 0.3) is 0 Å². The lowest BCUT2D eigenvalue weighted by Crippen LogP contribution is -2.34. The number of ether oxygens (including phenoxy) is 1. The summed E-state index contributed by atoms with van der Waals surface area (Å²) in [6.07, 6.45) is 1.75. The summed E-state index contributed by atoms with van der Waals surface area (Å²) in [4.78, 5) is 11.9. The number of carbonyl (C=O) groups is 1. The van der Waals surface area contributed by atoms with Crippen molar-refractivity contribution in [2.75, 3.05) is 7.11 Å². The highest BCUT2D eigenvalue weighted by molar-refractivity contribution is 5.77. The Morgan fingerprint density at radius 1 is 1.10 bits per heavy atom. The number of rotatable bonds is 4. The van der Waals surface area contributed by atoms with Crippen molar-refractivity contribution in [1.82, 2.24) is 0 Å². The average molecular weight is 282 g/mol. The van der Waals surface area contributed by atoms with Crippen LogP contribution in [-0.2, 0) is 24.1 Å². The standard InChI is InChI=1S/C18H18O3/c1-21-16-8-6-13(7-9-16)10-18(17(19)20)11-14-4-2-3-5-15(14)12-18/h2-9H,10-12H2,1H3,(H,19,20). The van der Waals surface area contributed by atoms with Crippen LogP contribution in [0, 0.1) is 5.41 Å². The molecule has 0 unspecified atom stereocenters. The molecule has 0 atom stereocenters. The second-order valence-electron chi connectivity index (χ2n) is 5.73. The van der Waals surface area contributed by atoms with E-state index in [1.807, 2.05) is 48.5 Å². The number of aliphatic carboxylic acids is 1. The third-order valence-corrected chi connectivity index (χ3v) is 4.33. The topological polar surface area (TPSA) is 46.5 Å². The third kappa shape index (κ3) is 2.51. The zero-order valence-corrected chi connectivity index (χ0v) is 12.0. The lowest BCUT2D eigenvalue weighted by Gasteiger charge is -2.24. The minimum atomic E-state index is -0.724. The Hall–Kier alpha value is -2.29. The largest absolute Gasteiger partial charge is 0.497 e. The number of carboxylic acid groups (broad SMARTS) is 1. The molecule has 3 rings (SSSR count). The first-order valence-electron chi connectivity index (χ1n) is 7.06. The van der Waals surface area contributed by atoms with Crippen molar-refractivity contribution in [2.45, 2.75) is 19.3 Å². The molecule has 0 bridgehead atoms. The van der Waals surface area contributed by atoms with Gasteiger partial charge in [0.05, 0.1) is 12.5 Å². The van der Waals surface area contributed by atoms with Gasteiger partial charge in [0.1, 0.15) is 5.75 Å². The maximum Gasteiger partial charge on any atom is 0.310 e. The monoisotopic (exact) mass is 282 g/mol. The van der Waals surface area contributed by atoms with Gasteiger partial charge in [-0.25, -0.2) is 0 Å². The molecule has 0 aliphatic heterocycles. The van der Waals surface area contributed by atoms with E-state index in [0.29, 0.717) is 19.3 Å². The third-order valence-electron chi connectivity index (χ3n) is 4.33. The smallest absolute Gasteiger partial charge is 0.310 e. The molecule has 0 amide bonds. The van der Waals surface area contributed by atoms with Gasteiger partial charge in [-0.3, -0.25) is 4.79 Å². The SMILES string of the molecule is COc1ccc(CC2(C(=O)O)Cc3ccccc3C2)cc1. The summed E-state index contributed by atoms with van der Waals surface area (Å²) in [5, 5.41) is 9.77. The van der Waals surface area contributed by atoms with Crippen LogP contribution >= 0.6 is 0 Å². The molecule has 0 saturated heterocycles. The van der Waals surface area contributed by atoms with Crippen LogP contribution in [0.3, 0.4) is 0 Å². The van der Waals surface area contributed by atoms with Gasteiger partial charge < -0.3 is 9.84 Å². The van der Waals surface area contributed by atoms with E-state index in [0.717, 1.165) is 22.4 Å². The summed E-state index contributed by atoms with van der Waals surface area (Å²) in [6.45, 7) is 0. The highest BCUT2D eigenvalue weighted by atomic mass is 16.5. The quantitative estimate of drug-likeness (QED) is 0.937. The molecule has 1 aliphatic rings. The Kier molecular flexibility index (Phi) is 3.42. The van der Waals surface area contributed by atoms with Crippen LogP contribution in [0.4, 0.5) is 0 Å². The molecule has 3 nitrogen and oxygen atoms in total. The van der Waals surface area contributed by atoms with E-state index in [1.165, 1.54) is 0 Å². The predicted octanol–water partition coefficient (Wildman–Crippen LogP) is 3.11. The summed E-state index contributed by atoms with van der Waals surface area (Å²) < 4.78 is 5.15. The number of hydrogen-bond acceptors (Lipinski definition) is 2. The molecule has 2 aromatic carbocycles. The summed E-state index contributed by atoms with van der Waals surface area (Å²) in [7, 11) is 1.63. The second-order valence-corrected chi connectivity index (χ2v) is 5.73. The molecule has 2 aromatic rings. The molecule has 1 aliphatic carbocycles. The van der Waals surface area contributed by atoms with Crippen LogP contribution in [0.5, 0.6) is 5.75 Å². The summed E-state index contributed by atoms with van der Waals surface area (Å²) in [5.41, 5.74) is 2.63. The van der Waals surface area contributed by atoms with Crippen LogP contribution in [0.2, 0.25) is 0 Å². The maximum atomic E-state index is 11.9. The zero-order chi connectivity index (χ0) is 14.9. The van der Waals surface area contributed by atoms with E-state index in [9.17, 15) is 9.90 Å². The highest BCUT2D eigenvalue weighted by Gasteiger charge is 2.43. The van der Waals surface area contributed by atoms with Gasteiger partial charge >= 0.3 is 5.97 Å². The summed E-state index contributed by atoms with van der Waals surface area (Å²) in [5.74, 6) is 0.0763. The molecule has 0 saturated carbocycles. The molecule has 108 valence electrons. The van der Waals surface area contributed by atoms with Gasteiger partial charge in [0, 0.05) is 0 Å². The van der Waals surface area contributed by atoms with Crippen molar-refractivity contribution in [3.8, 4) is 5.75 Å². The Bertz CT molecular complexity index is 633. The minimum Gasteiger partial charge on any atom is -0.497 e. The lowest BCUT2D eigenvalue weighted by molar-refractivity contribution is -0.148.